The van der Waals surface area contributed by atoms with Crippen LogP contribution < -0.4 is 4.90 Å². The van der Waals surface area contributed by atoms with Crippen molar-refractivity contribution in [3.8, 4) is 0 Å². The third-order valence-electron chi connectivity index (χ3n) is 5.50. The second kappa shape index (κ2) is 8.55. The highest BCUT2D eigenvalue weighted by Gasteiger charge is 2.29. The summed E-state index contributed by atoms with van der Waals surface area (Å²) in [7, 11) is 0. The monoisotopic (exact) mass is 410 g/mol. The molecule has 0 radical (unpaired) electrons. The highest BCUT2D eigenvalue weighted by molar-refractivity contribution is 7.99. The molecule has 29 heavy (non-hydrogen) atoms. The third-order valence-corrected chi connectivity index (χ3v) is 6.57. The number of nitrogens with zero attached hydrogens (tertiary/aromatic N) is 4. The lowest BCUT2D eigenvalue weighted by atomic mass is 10.1. The third kappa shape index (κ3) is 3.89. The molecule has 0 saturated carbocycles. The second-order valence-electron chi connectivity index (χ2n) is 7.32. The number of hydrogen-bond acceptors (Lipinski definition) is 5. The zero-order chi connectivity index (χ0) is 20.4. The molecular weight excluding hydrogens is 384 g/mol. The predicted octanol–water partition coefficient (Wildman–Crippen LogP) is 3.38. The van der Waals surface area contributed by atoms with Crippen LogP contribution in [0.2, 0.25) is 0 Å². The van der Waals surface area contributed by atoms with Crippen molar-refractivity contribution in [2.75, 3.05) is 44.2 Å². The minimum absolute atomic E-state index is 0.0315. The summed E-state index contributed by atoms with van der Waals surface area (Å²) in [6.45, 7) is 9.19. The molecular formula is C22H26N4O2S. The van der Waals surface area contributed by atoms with Gasteiger partial charge in [-0.25, -0.2) is 4.98 Å². The zero-order valence-electron chi connectivity index (χ0n) is 16.9. The van der Waals surface area contributed by atoms with E-state index in [-0.39, 0.29) is 11.8 Å². The van der Waals surface area contributed by atoms with E-state index in [1.807, 2.05) is 34.1 Å². The molecule has 0 spiro atoms. The maximum atomic E-state index is 13.1. The van der Waals surface area contributed by atoms with Gasteiger partial charge < -0.3 is 14.7 Å². The number of carbonyl (C=O) groups excluding carboxylic acids is 2. The summed E-state index contributed by atoms with van der Waals surface area (Å²) in [5.41, 5.74) is 2.14. The standard InChI is InChI=1S/C22H26N4O2S/c1-3-10-26-18-8-7-16(21(27)25-13-11-24(4-2)12-14-25)15-19(18)29-20-17(22(26)28)6-5-9-23-20/h5-9,15H,3-4,10-14H2,1-2H3. The summed E-state index contributed by atoms with van der Waals surface area (Å²) in [5, 5.41) is 0.693. The summed E-state index contributed by atoms with van der Waals surface area (Å²) in [6, 6.07) is 9.31. The largest absolute Gasteiger partial charge is 0.336 e. The lowest BCUT2D eigenvalue weighted by Crippen LogP contribution is -2.48. The molecule has 1 aromatic carbocycles. The summed E-state index contributed by atoms with van der Waals surface area (Å²) in [5.74, 6) is 0.0268. The molecule has 2 aliphatic rings. The number of hydrogen-bond donors (Lipinski definition) is 0. The quantitative estimate of drug-likeness (QED) is 0.773. The van der Waals surface area contributed by atoms with E-state index in [9.17, 15) is 9.59 Å². The van der Waals surface area contributed by atoms with E-state index in [2.05, 4.69) is 23.7 Å². The first-order valence-electron chi connectivity index (χ1n) is 10.2. The van der Waals surface area contributed by atoms with Crippen molar-refractivity contribution < 1.29 is 9.59 Å². The SMILES string of the molecule is CCCN1C(=O)c2cccnc2Sc2cc(C(=O)N3CCN(CC)CC3)ccc21. The number of rotatable bonds is 4. The maximum absolute atomic E-state index is 13.1. The van der Waals surface area contributed by atoms with Gasteiger partial charge in [0.15, 0.2) is 0 Å². The van der Waals surface area contributed by atoms with Gasteiger partial charge in [-0.2, -0.15) is 0 Å². The van der Waals surface area contributed by atoms with Gasteiger partial charge in [0.05, 0.1) is 11.3 Å². The van der Waals surface area contributed by atoms with Gasteiger partial charge in [0.25, 0.3) is 11.8 Å². The Morgan fingerprint density at radius 2 is 1.93 bits per heavy atom. The molecule has 0 N–H and O–H groups in total. The summed E-state index contributed by atoms with van der Waals surface area (Å²) in [4.78, 5) is 37.6. The Balaban J connectivity index is 1.66. The Morgan fingerprint density at radius 1 is 1.14 bits per heavy atom. The Hall–Kier alpha value is -2.38. The number of carbonyl (C=O) groups is 2. The number of anilines is 1. The van der Waals surface area contributed by atoms with Crippen LogP contribution >= 0.6 is 11.8 Å². The average molecular weight is 411 g/mol. The molecule has 3 heterocycles. The van der Waals surface area contributed by atoms with E-state index in [0.29, 0.717) is 22.7 Å². The molecule has 2 amide bonds. The van der Waals surface area contributed by atoms with Gasteiger partial charge >= 0.3 is 0 Å². The molecule has 0 aliphatic carbocycles. The van der Waals surface area contributed by atoms with Crippen LogP contribution in [-0.4, -0.2) is 65.9 Å². The molecule has 1 fully saturated rings. The Kier molecular flexibility index (Phi) is 5.87. The summed E-state index contributed by atoms with van der Waals surface area (Å²) in [6.07, 6.45) is 2.56. The molecule has 1 saturated heterocycles. The van der Waals surface area contributed by atoms with E-state index in [1.54, 1.807) is 12.3 Å². The van der Waals surface area contributed by atoms with Crippen molar-refractivity contribution in [1.82, 2.24) is 14.8 Å². The Labute approximate surface area is 175 Å². The zero-order valence-corrected chi connectivity index (χ0v) is 17.7. The topological polar surface area (TPSA) is 56.8 Å². The van der Waals surface area contributed by atoms with Crippen LogP contribution in [0.5, 0.6) is 0 Å². The molecule has 0 unspecified atom stereocenters. The molecule has 2 aromatic rings. The van der Waals surface area contributed by atoms with Crippen molar-refractivity contribution in [2.45, 2.75) is 30.2 Å². The Bertz CT molecular complexity index is 925. The average Bonchev–Trinajstić information content (AvgIpc) is 2.88. The fourth-order valence-electron chi connectivity index (χ4n) is 3.84. The number of piperazine rings is 1. The first-order valence-corrected chi connectivity index (χ1v) is 11.0. The fraction of sp³-hybridized carbons (Fsp3) is 0.409. The van der Waals surface area contributed by atoms with Crippen LogP contribution in [0.1, 0.15) is 41.0 Å². The molecule has 152 valence electrons. The van der Waals surface area contributed by atoms with Crippen molar-refractivity contribution >= 4 is 29.3 Å². The van der Waals surface area contributed by atoms with Gasteiger partial charge in [-0.3, -0.25) is 9.59 Å². The van der Waals surface area contributed by atoms with Gasteiger partial charge in [-0.05, 0) is 43.3 Å². The van der Waals surface area contributed by atoms with Crippen molar-refractivity contribution in [3.63, 3.8) is 0 Å². The number of aromatic nitrogens is 1. The highest BCUT2D eigenvalue weighted by atomic mass is 32.2. The van der Waals surface area contributed by atoms with Crippen LogP contribution in [0.25, 0.3) is 0 Å². The van der Waals surface area contributed by atoms with Gasteiger partial charge in [0.1, 0.15) is 5.03 Å². The first-order chi connectivity index (χ1) is 14.1. The molecule has 0 bridgehead atoms. The van der Waals surface area contributed by atoms with Crippen LogP contribution in [0.15, 0.2) is 46.5 Å². The van der Waals surface area contributed by atoms with Gasteiger partial charge in [0.2, 0.25) is 0 Å². The molecule has 4 rings (SSSR count). The number of fused-ring (bicyclic) bond motifs is 2. The number of benzene rings is 1. The van der Waals surface area contributed by atoms with Crippen molar-refractivity contribution in [2.24, 2.45) is 0 Å². The molecule has 6 nitrogen and oxygen atoms in total. The van der Waals surface area contributed by atoms with E-state index < -0.39 is 0 Å². The van der Waals surface area contributed by atoms with E-state index in [0.717, 1.165) is 49.7 Å². The number of likely N-dealkylation sites (N-methyl/N-ethyl adjacent to an activating group) is 1. The predicted molar refractivity (Wildman–Crippen MR) is 115 cm³/mol. The summed E-state index contributed by atoms with van der Waals surface area (Å²) >= 11 is 1.47. The van der Waals surface area contributed by atoms with Crippen LogP contribution in [0.4, 0.5) is 5.69 Å². The van der Waals surface area contributed by atoms with Crippen molar-refractivity contribution in [1.29, 1.82) is 0 Å². The van der Waals surface area contributed by atoms with Gasteiger partial charge in [0, 0.05) is 49.4 Å². The lowest BCUT2D eigenvalue weighted by Gasteiger charge is -2.34. The highest BCUT2D eigenvalue weighted by Crippen LogP contribution is 2.41. The number of amides is 2. The van der Waals surface area contributed by atoms with Crippen LogP contribution in [0.3, 0.4) is 0 Å². The van der Waals surface area contributed by atoms with Crippen molar-refractivity contribution in [3.05, 3.63) is 47.7 Å². The van der Waals surface area contributed by atoms with Gasteiger partial charge in [-0.15, -0.1) is 0 Å². The molecule has 2 aliphatic heterocycles. The first kappa shape index (κ1) is 19.9. The molecule has 1 aromatic heterocycles. The molecule has 0 atom stereocenters. The van der Waals surface area contributed by atoms with E-state index >= 15 is 0 Å². The smallest absolute Gasteiger partial charge is 0.261 e. The second-order valence-corrected chi connectivity index (χ2v) is 8.35. The van der Waals surface area contributed by atoms with Crippen LogP contribution in [-0.2, 0) is 0 Å². The Morgan fingerprint density at radius 3 is 2.66 bits per heavy atom. The minimum Gasteiger partial charge on any atom is -0.336 e. The lowest BCUT2D eigenvalue weighted by molar-refractivity contribution is 0.0643. The van der Waals surface area contributed by atoms with E-state index in [4.69, 9.17) is 0 Å². The maximum Gasteiger partial charge on any atom is 0.261 e. The number of pyridine rings is 1. The summed E-state index contributed by atoms with van der Waals surface area (Å²) < 4.78 is 0. The van der Waals surface area contributed by atoms with Gasteiger partial charge in [-0.1, -0.05) is 25.6 Å². The molecule has 7 heteroatoms. The fourth-order valence-corrected chi connectivity index (χ4v) is 4.90. The minimum atomic E-state index is -0.0315. The van der Waals surface area contributed by atoms with Crippen LogP contribution in [0, 0.1) is 0 Å². The normalized spacial score (nSPS) is 17.0. The van der Waals surface area contributed by atoms with E-state index in [1.165, 1.54) is 11.8 Å².